The van der Waals surface area contributed by atoms with E-state index in [4.69, 9.17) is 9.52 Å². The fraction of sp³-hybridized carbons (Fsp3) is 0.286. The molecular formula is C14H15NO4. The first-order valence-electron chi connectivity index (χ1n) is 5.89. The maximum atomic E-state index is 12.3. The molecule has 1 aromatic heterocycles. The third-order valence-corrected chi connectivity index (χ3v) is 2.84. The fourth-order valence-corrected chi connectivity index (χ4v) is 1.97. The molecule has 2 rings (SSSR count). The van der Waals surface area contributed by atoms with Gasteiger partial charge in [0.05, 0.1) is 18.2 Å². The van der Waals surface area contributed by atoms with Crippen molar-refractivity contribution in [3.63, 3.8) is 0 Å². The average molecular weight is 261 g/mol. The molecule has 0 radical (unpaired) electrons. The van der Waals surface area contributed by atoms with Crippen LogP contribution in [0, 0.1) is 6.92 Å². The van der Waals surface area contributed by atoms with Gasteiger partial charge in [0.25, 0.3) is 0 Å². The Morgan fingerprint density at radius 3 is 2.84 bits per heavy atom. The predicted molar refractivity (Wildman–Crippen MR) is 71.2 cm³/mol. The summed E-state index contributed by atoms with van der Waals surface area (Å²) in [6.45, 7) is 2.03. The van der Waals surface area contributed by atoms with Crippen molar-refractivity contribution >= 4 is 16.9 Å². The molecule has 0 saturated heterocycles. The Balaban J connectivity index is 2.37. The quantitative estimate of drug-likeness (QED) is 0.905. The van der Waals surface area contributed by atoms with Crippen LogP contribution in [0.5, 0.6) is 0 Å². The Hall–Kier alpha value is -2.14. The van der Waals surface area contributed by atoms with Crippen molar-refractivity contribution in [3.05, 3.63) is 45.8 Å². The van der Waals surface area contributed by atoms with Gasteiger partial charge in [0.1, 0.15) is 5.58 Å². The maximum absolute atomic E-state index is 12.3. The van der Waals surface area contributed by atoms with Gasteiger partial charge in [-0.1, -0.05) is 11.6 Å². The van der Waals surface area contributed by atoms with Crippen LogP contribution in [0.2, 0.25) is 0 Å². The number of aryl methyl sites for hydroxylation is 1. The van der Waals surface area contributed by atoms with Crippen molar-refractivity contribution in [1.29, 1.82) is 0 Å². The molecule has 19 heavy (non-hydrogen) atoms. The van der Waals surface area contributed by atoms with E-state index in [1.165, 1.54) is 6.26 Å². The molecule has 0 saturated carbocycles. The van der Waals surface area contributed by atoms with Crippen LogP contribution in [0.3, 0.4) is 0 Å². The largest absolute Gasteiger partial charge is 0.480 e. The van der Waals surface area contributed by atoms with E-state index in [0.29, 0.717) is 16.5 Å². The Bertz CT molecular complexity index is 675. The number of hydrogen-bond donors (Lipinski definition) is 1. The van der Waals surface area contributed by atoms with E-state index in [0.717, 1.165) is 5.56 Å². The molecule has 5 nitrogen and oxygen atoms in total. The molecule has 1 heterocycles. The zero-order valence-corrected chi connectivity index (χ0v) is 10.8. The Kier molecular flexibility index (Phi) is 3.66. The van der Waals surface area contributed by atoms with Crippen molar-refractivity contribution in [2.45, 2.75) is 13.5 Å². The number of rotatable bonds is 4. The van der Waals surface area contributed by atoms with Crippen LogP contribution >= 0.6 is 0 Å². The third kappa shape index (κ3) is 3.00. The molecule has 0 aliphatic carbocycles. The van der Waals surface area contributed by atoms with Gasteiger partial charge in [-0.05, 0) is 26.1 Å². The molecule has 0 aliphatic rings. The highest BCUT2D eigenvalue weighted by Crippen LogP contribution is 2.13. The van der Waals surface area contributed by atoms with E-state index >= 15 is 0 Å². The highest BCUT2D eigenvalue weighted by molar-refractivity contribution is 5.77. The van der Waals surface area contributed by atoms with Crippen LogP contribution in [0.1, 0.15) is 11.1 Å². The number of fused-ring (bicyclic) bond motifs is 1. The second-order valence-corrected chi connectivity index (χ2v) is 4.66. The summed E-state index contributed by atoms with van der Waals surface area (Å²) in [5, 5.41) is 9.23. The van der Waals surface area contributed by atoms with Crippen molar-refractivity contribution in [2.24, 2.45) is 0 Å². The van der Waals surface area contributed by atoms with Crippen LogP contribution in [0.15, 0.2) is 33.7 Å². The molecule has 0 fully saturated rings. The highest BCUT2D eigenvalue weighted by atomic mass is 16.4. The van der Waals surface area contributed by atoms with E-state index in [9.17, 15) is 9.59 Å². The summed E-state index contributed by atoms with van der Waals surface area (Å²) in [7, 11) is 1.65. The smallest absolute Gasteiger partial charge is 0.317 e. The second-order valence-electron chi connectivity index (χ2n) is 4.66. The summed E-state index contributed by atoms with van der Waals surface area (Å²) in [6.07, 6.45) is 1.40. The molecule has 5 heteroatoms. The molecule has 0 unspecified atom stereocenters. The summed E-state index contributed by atoms with van der Waals surface area (Å²) in [5.41, 5.74) is 1.88. The number of benzene rings is 1. The van der Waals surface area contributed by atoms with Gasteiger partial charge in [0.2, 0.25) is 0 Å². The van der Waals surface area contributed by atoms with Gasteiger partial charge in [-0.3, -0.25) is 14.5 Å². The lowest BCUT2D eigenvalue weighted by Crippen LogP contribution is -2.27. The van der Waals surface area contributed by atoms with Crippen LogP contribution < -0.4 is 5.43 Å². The molecule has 0 spiro atoms. The topological polar surface area (TPSA) is 70.8 Å². The maximum Gasteiger partial charge on any atom is 0.317 e. The van der Waals surface area contributed by atoms with Crippen LogP contribution in [-0.4, -0.2) is 29.6 Å². The minimum Gasteiger partial charge on any atom is -0.480 e. The molecule has 0 amide bonds. The third-order valence-electron chi connectivity index (χ3n) is 2.84. The second kappa shape index (κ2) is 5.24. The molecular weight excluding hydrogens is 246 g/mol. The number of likely N-dealkylation sites (N-methyl/N-ethyl adjacent to an activating group) is 1. The first kappa shape index (κ1) is 13.3. The number of hydrogen-bond acceptors (Lipinski definition) is 4. The first-order valence-corrected chi connectivity index (χ1v) is 5.89. The van der Waals surface area contributed by atoms with Crippen molar-refractivity contribution in [1.82, 2.24) is 4.90 Å². The van der Waals surface area contributed by atoms with Crippen molar-refractivity contribution in [3.8, 4) is 0 Å². The van der Waals surface area contributed by atoms with Crippen LogP contribution in [-0.2, 0) is 11.3 Å². The van der Waals surface area contributed by atoms with Crippen molar-refractivity contribution < 1.29 is 14.3 Å². The molecule has 1 aromatic carbocycles. The fourth-order valence-electron chi connectivity index (χ4n) is 1.97. The number of nitrogens with zero attached hydrogens (tertiary/aromatic N) is 1. The predicted octanol–water partition coefficient (Wildman–Crippen LogP) is 1.62. The molecule has 100 valence electrons. The molecule has 2 aromatic rings. The summed E-state index contributed by atoms with van der Waals surface area (Å²) in [6, 6.07) is 5.42. The lowest BCUT2D eigenvalue weighted by Gasteiger charge is -2.13. The highest BCUT2D eigenvalue weighted by Gasteiger charge is 2.11. The zero-order valence-electron chi connectivity index (χ0n) is 10.8. The summed E-state index contributed by atoms with van der Waals surface area (Å²) < 4.78 is 5.41. The number of carboxylic acids is 1. The van der Waals surface area contributed by atoms with Gasteiger partial charge in [-0.15, -0.1) is 0 Å². The minimum absolute atomic E-state index is 0.109. The first-order chi connectivity index (χ1) is 8.97. The van der Waals surface area contributed by atoms with Gasteiger partial charge in [-0.2, -0.15) is 0 Å². The SMILES string of the molecule is Cc1ccc2occ(CN(C)CC(=O)O)c(=O)c2c1. The lowest BCUT2D eigenvalue weighted by atomic mass is 10.1. The van der Waals surface area contributed by atoms with Gasteiger partial charge in [-0.25, -0.2) is 0 Å². The van der Waals surface area contributed by atoms with E-state index in [1.54, 1.807) is 24.1 Å². The lowest BCUT2D eigenvalue weighted by molar-refractivity contribution is -0.138. The Morgan fingerprint density at radius 2 is 2.16 bits per heavy atom. The molecule has 1 N–H and O–H groups in total. The number of carboxylic acid groups (broad SMARTS) is 1. The van der Waals surface area contributed by atoms with E-state index in [1.807, 2.05) is 13.0 Å². The molecule has 0 bridgehead atoms. The van der Waals surface area contributed by atoms with Crippen LogP contribution in [0.25, 0.3) is 11.0 Å². The van der Waals surface area contributed by atoms with E-state index in [2.05, 4.69) is 0 Å². The molecule has 0 atom stereocenters. The minimum atomic E-state index is -0.927. The normalized spacial score (nSPS) is 11.1. The summed E-state index contributed by atoms with van der Waals surface area (Å²) >= 11 is 0. The number of carbonyl (C=O) groups is 1. The zero-order chi connectivity index (χ0) is 14.0. The molecule has 0 aliphatic heterocycles. The van der Waals surface area contributed by atoms with E-state index < -0.39 is 5.97 Å². The Morgan fingerprint density at radius 1 is 1.42 bits per heavy atom. The average Bonchev–Trinajstić information content (AvgIpc) is 2.32. The van der Waals surface area contributed by atoms with Gasteiger partial charge >= 0.3 is 5.97 Å². The number of aliphatic carboxylic acids is 1. The summed E-state index contributed by atoms with van der Waals surface area (Å²) in [5.74, 6) is -0.927. The van der Waals surface area contributed by atoms with E-state index in [-0.39, 0.29) is 18.5 Å². The van der Waals surface area contributed by atoms with Crippen LogP contribution in [0.4, 0.5) is 0 Å². The monoisotopic (exact) mass is 261 g/mol. The van der Waals surface area contributed by atoms with Crippen molar-refractivity contribution in [2.75, 3.05) is 13.6 Å². The van der Waals surface area contributed by atoms with Gasteiger partial charge < -0.3 is 9.52 Å². The van der Waals surface area contributed by atoms with Gasteiger partial charge in [0.15, 0.2) is 5.43 Å². The van der Waals surface area contributed by atoms with Gasteiger partial charge in [0, 0.05) is 12.1 Å². The Labute approximate surface area is 110 Å². The summed E-state index contributed by atoms with van der Waals surface area (Å²) in [4.78, 5) is 24.4. The standard InChI is InChI=1S/C14H15NO4/c1-9-3-4-12-11(5-9)14(18)10(8-19-12)6-15(2)7-13(16)17/h3-5,8H,6-7H2,1-2H3,(H,16,17).